The number of hydrogen-bond donors (Lipinski definition) is 1. The molecule has 1 N–H and O–H groups in total. The van der Waals surface area contributed by atoms with Gasteiger partial charge in [0.15, 0.2) is 9.84 Å². The van der Waals surface area contributed by atoms with Crippen molar-refractivity contribution in [3.8, 4) is 11.4 Å². The van der Waals surface area contributed by atoms with Gasteiger partial charge in [-0.3, -0.25) is 4.90 Å². The minimum atomic E-state index is -3.21. The van der Waals surface area contributed by atoms with Gasteiger partial charge in [0.25, 0.3) is 0 Å². The van der Waals surface area contributed by atoms with Gasteiger partial charge in [-0.05, 0) is 125 Å². The summed E-state index contributed by atoms with van der Waals surface area (Å²) in [5.74, 6) is 2.40. The lowest BCUT2D eigenvalue weighted by molar-refractivity contribution is 0.0438. The molecule has 3 aliphatic heterocycles. The zero-order chi connectivity index (χ0) is 26.0. The van der Waals surface area contributed by atoms with Crippen LogP contribution < -0.4 is 0 Å². The second-order valence-corrected chi connectivity index (χ2v) is 14.6. The maximum atomic E-state index is 11.8. The van der Waals surface area contributed by atoms with Gasteiger partial charge in [-0.25, -0.2) is 13.4 Å². The molecule has 38 heavy (non-hydrogen) atoms. The number of aryl methyl sites for hydroxylation is 1. The summed E-state index contributed by atoms with van der Waals surface area (Å²) in [5, 5.41) is 0. The molecule has 4 aliphatic rings. The van der Waals surface area contributed by atoms with Gasteiger partial charge in [-0.15, -0.1) is 0 Å². The molecule has 4 fully saturated rings. The van der Waals surface area contributed by atoms with Gasteiger partial charge in [-0.1, -0.05) is 6.07 Å². The van der Waals surface area contributed by atoms with Gasteiger partial charge in [0, 0.05) is 36.5 Å². The number of H-pyrrole nitrogens is 1. The highest BCUT2D eigenvalue weighted by Gasteiger charge is 2.44. The molecule has 7 rings (SSSR count). The van der Waals surface area contributed by atoms with Crippen molar-refractivity contribution in [3.63, 3.8) is 0 Å². The van der Waals surface area contributed by atoms with Gasteiger partial charge in [-0.2, -0.15) is 0 Å². The second kappa shape index (κ2) is 9.46. The van der Waals surface area contributed by atoms with Crippen LogP contribution in [-0.4, -0.2) is 72.2 Å². The lowest BCUT2D eigenvalue weighted by Crippen LogP contribution is -2.52. The Kier molecular flexibility index (Phi) is 6.17. The second-order valence-electron chi connectivity index (χ2n) is 12.6. The van der Waals surface area contributed by atoms with Crippen LogP contribution in [0.15, 0.2) is 41.3 Å². The third-order valence-electron chi connectivity index (χ3n) is 9.90. The van der Waals surface area contributed by atoms with Crippen molar-refractivity contribution < 1.29 is 8.42 Å². The summed E-state index contributed by atoms with van der Waals surface area (Å²) in [5.41, 5.74) is 5.61. The van der Waals surface area contributed by atoms with E-state index in [2.05, 4.69) is 33.8 Å². The molecule has 2 aromatic carbocycles. The lowest BCUT2D eigenvalue weighted by Gasteiger charge is -2.45. The van der Waals surface area contributed by atoms with Crippen LogP contribution in [-0.2, 0) is 9.84 Å². The normalized spacial score (nSPS) is 27.4. The highest BCUT2D eigenvalue weighted by Crippen LogP contribution is 2.42. The molecule has 202 valence electrons. The van der Waals surface area contributed by atoms with Gasteiger partial charge in [0.2, 0.25) is 0 Å². The van der Waals surface area contributed by atoms with E-state index in [0.29, 0.717) is 10.8 Å². The molecule has 7 heteroatoms. The molecule has 0 radical (unpaired) electrons. The summed E-state index contributed by atoms with van der Waals surface area (Å²) in [4.78, 5) is 14.4. The van der Waals surface area contributed by atoms with Gasteiger partial charge >= 0.3 is 0 Å². The fourth-order valence-corrected chi connectivity index (χ4v) is 8.22. The largest absolute Gasteiger partial charge is 0.338 e. The van der Waals surface area contributed by atoms with Crippen molar-refractivity contribution >= 4 is 20.9 Å². The Labute approximate surface area is 226 Å². The number of hydrogen-bond acceptors (Lipinski definition) is 5. The predicted octanol–water partition coefficient (Wildman–Crippen LogP) is 5.53. The first-order valence-corrected chi connectivity index (χ1v) is 16.5. The molecule has 2 atom stereocenters. The smallest absolute Gasteiger partial charge is 0.175 e. The summed E-state index contributed by atoms with van der Waals surface area (Å²) in [7, 11) is -3.21. The van der Waals surface area contributed by atoms with Crippen molar-refractivity contribution in [1.82, 2.24) is 19.8 Å². The summed E-state index contributed by atoms with van der Waals surface area (Å²) in [6, 6.07) is 14.1. The van der Waals surface area contributed by atoms with Crippen LogP contribution in [0.1, 0.15) is 68.4 Å². The van der Waals surface area contributed by atoms with Crippen LogP contribution >= 0.6 is 0 Å². The first-order chi connectivity index (χ1) is 18.3. The molecule has 0 amide bonds. The number of imidazole rings is 1. The number of likely N-dealkylation sites (tertiary alicyclic amines) is 1. The molecule has 0 spiro atoms. The molecule has 3 saturated heterocycles. The van der Waals surface area contributed by atoms with Gasteiger partial charge in [0.05, 0.1) is 15.9 Å². The van der Waals surface area contributed by atoms with Crippen LogP contribution in [0.5, 0.6) is 0 Å². The van der Waals surface area contributed by atoms with Crippen LogP contribution in [0, 0.1) is 12.8 Å². The molecule has 1 saturated carbocycles. The average molecular weight is 533 g/mol. The number of nitrogens with zero attached hydrogens (tertiary/aromatic N) is 3. The zero-order valence-electron chi connectivity index (χ0n) is 22.7. The van der Waals surface area contributed by atoms with Crippen molar-refractivity contribution in [3.05, 3.63) is 47.5 Å². The molecule has 1 aromatic heterocycles. The lowest BCUT2D eigenvalue weighted by atomic mass is 9.86. The Morgan fingerprint density at radius 3 is 2.24 bits per heavy atom. The van der Waals surface area contributed by atoms with Gasteiger partial charge < -0.3 is 9.88 Å². The van der Waals surface area contributed by atoms with E-state index in [4.69, 9.17) is 4.98 Å². The van der Waals surface area contributed by atoms with Crippen molar-refractivity contribution in [1.29, 1.82) is 0 Å². The van der Waals surface area contributed by atoms with E-state index in [1.54, 1.807) is 12.1 Å². The highest BCUT2D eigenvalue weighted by molar-refractivity contribution is 7.90. The van der Waals surface area contributed by atoms with E-state index >= 15 is 0 Å². The number of aromatic nitrogens is 2. The van der Waals surface area contributed by atoms with E-state index in [1.807, 2.05) is 12.1 Å². The molecule has 2 unspecified atom stereocenters. The van der Waals surface area contributed by atoms with Crippen LogP contribution in [0.2, 0.25) is 0 Å². The fourth-order valence-electron chi connectivity index (χ4n) is 7.59. The van der Waals surface area contributed by atoms with E-state index < -0.39 is 9.84 Å². The van der Waals surface area contributed by atoms with Crippen molar-refractivity contribution in [2.24, 2.45) is 5.92 Å². The molecule has 6 nitrogen and oxygen atoms in total. The third-order valence-corrected chi connectivity index (χ3v) is 11.0. The van der Waals surface area contributed by atoms with Crippen molar-refractivity contribution in [2.45, 2.75) is 87.2 Å². The highest BCUT2D eigenvalue weighted by atomic mass is 32.2. The maximum absolute atomic E-state index is 11.8. The summed E-state index contributed by atoms with van der Waals surface area (Å²) >= 11 is 0. The minimum Gasteiger partial charge on any atom is -0.338 e. The number of rotatable bonds is 6. The summed E-state index contributed by atoms with van der Waals surface area (Å²) in [6.07, 6.45) is 12.3. The quantitative estimate of drug-likeness (QED) is 0.452. The number of sulfone groups is 1. The number of aromatic amines is 1. The number of piperidine rings is 2. The Morgan fingerprint density at radius 2 is 1.61 bits per heavy atom. The fraction of sp³-hybridized carbons (Fsp3) is 0.581. The van der Waals surface area contributed by atoms with Crippen LogP contribution in [0.3, 0.4) is 0 Å². The van der Waals surface area contributed by atoms with E-state index in [9.17, 15) is 8.42 Å². The maximum Gasteiger partial charge on any atom is 0.175 e. The van der Waals surface area contributed by atoms with Crippen LogP contribution in [0.4, 0.5) is 0 Å². The predicted molar refractivity (Wildman–Crippen MR) is 152 cm³/mol. The molecular weight excluding hydrogens is 492 g/mol. The van der Waals surface area contributed by atoms with Crippen LogP contribution in [0.25, 0.3) is 22.4 Å². The van der Waals surface area contributed by atoms with Crippen molar-refractivity contribution in [2.75, 3.05) is 25.9 Å². The Balaban J connectivity index is 1.03. The summed E-state index contributed by atoms with van der Waals surface area (Å²) in [6.45, 7) is 5.97. The molecule has 4 heterocycles. The Bertz CT molecular complexity index is 1420. The molecule has 1 aliphatic carbocycles. The monoisotopic (exact) mass is 532 g/mol. The molecule has 3 aromatic rings. The van der Waals surface area contributed by atoms with E-state index in [1.165, 1.54) is 88.4 Å². The first kappa shape index (κ1) is 24.8. The molecule has 2 bridgehead atoms. The number of nitrogens with one attached hydrogen (secondary N) is 1. The SMILES string of the molecule is Cc1cc(C2CCN(C3CC4CCC(C3)N4CC3CC3)CC2)cc2[nH]c(-c3ccc(S(C)(=O)=O)cc3)nc12. The summed E-state index contributed by atoms with van der Waals surface area (Å²) < 4.78 is 23.6. The number of fused-ring (bicyclic) bond motifs is 3. The van der Waals surface area contributed by atoms with Gasteiger partial charge in [0.1, 0.15) is 5.82 Å². The minimum absolute atomic E-state index is 0.332. The zero-order valence-corrected chi connectivity index (χ0v) is 23.5. The van der Waals surface area contributed by atoms with E-state index in [0.717, 1.165) is 46.5 Å². The Hall–Kier alpha value is -2.22. The topological polar surface area (TPSA) is 69.3 Å². The first-order valence-electron chi connectivity index (χ1n) is 14.6. The molecular formula is C31H40N4O2S. The average Bonchev–Trinajstić information content (AvgIpc) is 3.57. The van der Waals surface area contributed by atoms with E-state index in [-0.39, 0.29) is 0 Å². The Morgan fingerprint density at radius 1 is 0.921 bits per heavy atom. The third kappa shape index (κ3) is 4.71. The standard InChI is InChI=1S/C31H40N4O2S/c1-20-15-24(16-29-30(20)33-31(32-29)23-5-9-28(10-6-23)38(2,36)37)22-11-13-34(14-12-22)27-17-25-7-8-26(18-27)35(25)19-21-3-4-21/h5-6,9-10,15-16,21-22,25-27H,3-4,7-8,11-14,17-19H2,1-2H3,(H,32,33). The number of benzene rings is 2.